The fourth-order valence-corrected chi connectivity index (χ4v) is 5.69. The highest BCUT2D eigenvalue weighted by atomic mass is 35.5. The van der Waals surface area contributed by atoms with Crippen LogP contribution in [-0.2, 0) is 16.8 Å². The van der Waals surface area contributed by atoms with E-state index in [1.807, 2.05) is 105 Å². The van der Waals surface area contributed by atoms with Crippen molar-refractivity contribution in [2.24, 2.45) is 0 Å². The minimum Gasteiger partial charge on any atom is -0.507 e. The highest BCUT2D eigenvalue weighted by molar-refractivity contribution is 6.31. The molecule has 0 aromatic heterocycles. The van der Waals surface area contributed by atoms with Gasteiger partial charge in [0.25, 0.3) is 0 Å². The van der Waals surface area contributed by atoms with Gasteiger partial charge in [-0.1, -0.05) is 72.3 Å². The van der Waals surface area contributed by atoms with Crippen LogP contribution in [0.2, 0.25) is 5.02 Å². The second-order valence-corrected chi connectivity index (χ2v) is 10.1. The molecule has 1 unspecified atom stereocenters. The number of nitrogens with two attached hydrogens (primary N) is 1. The van der Waals surface area contributed by atoms with Gasteiger partial charge in [0.05, 0.1) is 6.54 Å². The SMILES string of the molecule is Cc1cc(C2(c3cc(C)c(O)c(C)c3)C(=O)N(Cc3ccccc3Cl)c3ccccc32)cc(C)c1N. The fraction of sp³-hybridized carbons (Fsp3) is 0.194. The number of carbonyl (C=O) groups excluding carboxylic acids is 1. The highest BCUT2D eigenvalue weighted by Crippen LogP contribution is 2.52. The van der Waals surface area contributed by atoms with E-state index in [0.717, 1.165) is 55.9 Å². The summed E-state index contributed by atoms with van der Waals surface area (Å²) >= 11 is 6.52. The summed E-state index contributed by atoms with van der Waals surface area (Å²) in [6.45, 7) is 8.03. The van der Waals surface area contributed by atoms with Gasteiger partial charge >= 0.3 is 0 Å². The number of phenolic OH excluding ortho intramolecular Hbond substituents is 1. The van der Waals surface area contributed by atoms with Crippen LogP contribution in [0.15, 0.2) is 72.8 Å². The summed E-state index contributed by atoms with van der Waals surface area (Å²) in [5.74, 6) is 0.182. The molecule has 0 spiro atoms. The maximum atomic E-state index is 14.8. The van der Waals surface area contributed by atoms with Gasteiger partial charge < -0.3 is 15.7 Å². The Labute approximate surface area is 217 Å². The minimum absolute atomic E-state index is 0.0586. The fourth-order valence-electron chi connectivity index (χ4n) is 5.50. The number of hydrogen-bond acceptors (Lipinski definition) is 3. The van der Waals surface area contributed by atoms with Crippen molar-refractivity contribution in [3.05, 3.63) is 122 Å². The number of carbonyl (C=O) groups is 1. The summed E-state index contributed by atoms with van der Waals surface area (Å²) < 4.78 is 0. The number of hydrogen-bond donors (Lipinski definition) is 2. The van der Waals surface area contributed by atoms with Gasteiger partial charge in [0.15, 0.2) is 0 Å². The molecule has 1 aliphatic heterocycles. The van der Waals surface area contributed by atoms with Crippen LogP contribution in [0.3, 0.4) is 0 Å². The van der Waals surface area contributed by atoms with Gasteiger partial charge in [-0.15, -0.1) is 0 Å². The summed E-state index contributed by atoms with van der Waals surface area (Å²) in [6, 6.07) is 23.4. The number of nitrogens with zero attached hydrogens (tertiary/aromatic N) is 1. The first-order valence-corrected chi connectivity index (χ1v) is 12.4. The van der Waals surface area contributed by atoms with Crippen LogP contribution >= 0.6 is 11.6 Å². The Balaban J connectivity index is 1.85. The summed E-state index contributed by atoms with van der Waals surface area (Å²) in [4.78, 5) is 16.6. The molecule has 0 radical (unpaired) electrons. The van der Waals surface area contributed by atoms with E-state index in [0.29, 0.717) is 11.6 Å². The Morgan fingerprint density at radius 1 is 0.833 bits per heavy atom. The molecular weight excluding hydrogens is 468 g/mol. The summed E-state index contributed by atoms with van der Waals surface area (Å²) in [7, 11) is 0. The zero-order valence-corrected chi connectivity index (χ0v) is 21.6. The molecule has 3 N–H and O–H groups in total. The zero-order chi connectivity index (χ0) is 25.8. The van der Waals surface area contributed by atoms with Gasteiger partial charge in [-0.2, -0.15) is 0 Å². The van der Waals surface area contributed by atoms with Crippen molar-refractivity contribution < 1.29 is 9.90 Å². The number of rotatable bonds is 4. The number of benzene rings is 4. The number of amides is 1. The molecular formula is C31H29ClN2O2. The number of halogens is 1. The van der Waals surface area contributed by atoms with Crippen molar-refractivity contribution in [1.82, 2.24) is 0 Å². The van der Waals surface area contributed by atoms with Crippen LogP contribution in [0.4, 0.5) is 11.4 Å². The van der Waals surface area contributed by atoms with E-state index in [4.69, 9.17) is 17.3 Å². The summed E-state index contributed by atoms with van der Waals surface area (Å²) in [5.41, 5.74) is 13.5. The molecule has 1 heterocycles. The van der Waals surface area contributed by atoms with Crippen molar-refractivity contribution in [3.8, 4) is 5.75 Å². The minimum atomic E-state index is -1.11. The molecule has 0 fully saturated rings. The molecule has 4 aromatic rings. The van der Waals surface area contributed by atoms with E-state index in [1.54, 1.807) is 0 Å². The largest absolute Gasteiger partial charge is 0.507 e. The predicted molar refractivity (Wildman–Crippen MR) is 147 cm³/mol. The Morgan fingerprint density at radius 2 is 1.36 bits per heavy atom. The number of aryl methyl sites for hydroxylation is 4. The average molecular weight is 497 g/mol. The third-order valence-electron chi connectivity index (χ3n) is 7.40. The number of nitrogen functional groups attached to an aromatic ring is 1. The van der Waals surface area contributed by atoms with E-state index >= 15 is 0 Å². The maximum absolute atomic E-state index is 14.8. The van der Waals surface area contributed by atoms with Gasteiger partial charge in [-0.25, -0.2) is 0 Å². The lowest BCUT2D eigenvalue weighted by Gasteiger charge is -2.32. The number of phenols is 1. The molecule has 0 aliphatic carbocycles. The molecule has 0 saturated heterocycles. The Morgan fingerprint density at radius 3 is 1.97 bits per heavy atom. The first-order chi connectivity index (χ1) is 17.2. The van der Waals surface area contributed by atoms with Crippen molar-refractivity contribution >= 4 is 28.9 Å². The predicted octanol–water partition coefficient (Wildman–Crippen LogP) is 6.74. The van der Waals surface area contributed by atoms with Crippen LogP contribution in [0.25, 0.3) is 0 Å². The number of anilines is 2. The average Bonchev–Trinajstić information content (AvgIpc) is 3.10. The van der Waals surface area contributed by atoms with Crippen molar-refractivity contribution in [1.29, 1.82) is 0 Å². The van der Waals surface area contributed by atoms with Crippen molar-refractivity contribution in [2.75, 3.05) is 10.6 Å². The number of para-hydroxylation sites is 1. The van der Waals surface area contributed by atoms with E-state index < -0.39 is 5.41 Å². The topological polar surface area (TPSA) is 66.6 Å². The first kappa shape index (κ1) is 24.0. The third kappa shape index (κ3) is 3.48. The van der Waals surface area contributed by atoms with Crippen molar-refractivity contribution in [3.63, 3.8) is 0 Å². The lowest BCUT2D eigenvalue weighted by Crippen LogP contribution is -2.42. The van der Waals surface area contributed by atoms with E-state index in [-0.39, 0.29) is 11.7 Å². The molecule has 36 heavy (non-hydrogen) atoms. The standard InChI is InChI=1S/C31H29ClN2O2/c1-18-13-23(14-19(2)28(18)33)31(24-15-20(3)29(35)21(4)16-24)25-10-6-8-12-27(25)34(30(31)36)17-22-9-5-7-11-26(22)32/h5-16,35H,17,33H2,1-4H3. The highest BCUT2D eigenvalue weighted by Gasteiger charge is 2.53. The summed E-state index contributed by atoms with van der Waals surface area (Å²) in [6.07, 6.45) is 0. The smallest absolute Gasteiger partial charge is 0.247 e. The second kappa shape index (κ2) is 8.72. The Hall–Kier alpha value is -3.76. The molecule has 1 amide bonds. The van der Waals surface area contributed by atoms with Crippen LogP contribution < -0.4 is 10.6 Å². The van der Waals surface area contributed by atoms with Crippen LogP contribution in [-0.4, -0.2) is 11.0 Å². The van der Waals surface area contributed by atoms with Crippen molar-refractivity contribution in [2.45, 2.75) is 39.7 Å². The second-order valence-electron chi connectivity index (χ2n) is 9.73. The molecule has 0 saturated carbocycles. The number of fused-ring (bicyclic) bond motifs is 1. The molecule has 1 atom stereocenters. The molecule has 4 aromatic carbocycles. The van der Waals surface area contributed by atoms with E-state index in [9.17, 15) is 9.90 Å². The third-order valence-corrected chi connectivity index (χ3v) is 7.77. The molecule has 5 heteroatoms. The van der Waals surface area contributed by atoms with Crippen LogP contribution in [0.1, 0.15) is 44.5 Å². The van der Waals surface area contributed by atoms with Crippen LogP contribution in [0, 0.1) is 27.7 Å². The van der Waals surface area contributed by atoms with Gasteiger partial charge in [0.2, 0.25) is 5.91 Å². The molecule has 0 bridgehead atoms. The zero-order valence-electron chi connectivity index (χ0n) is 20.9. The maximum Gasteiger partial charge on any atom is 0.247 e. The van der Waals surface area contributed by atoms with E-state index in [1.165, 1.54) is 0 Å². The van der Waals surface area contributed by atoms with Gasteiger partial charge in [0.1, 0.15) is 11.2 Å². The molecule has 5 rings (SSSR count). The van der Waals surface area contributed by atoms with Crippen LogP contribution in [0.5, 0.6) is 5.75 Å². The molecule has 4 nitrogen and oxygen atoms in total. The molecule has 182 valence electrons. The molecule has 1 aliphatic rings. The van der Waals surface area contributed by atoms with Gasteiger partial charge in [0, 0.05) is 22.0 Å². The lowest BCUT2D eigenvalue weighted by atomic mass is 9.69. The van der Waals surface area contributed by atoms with E-state index in [2.05, 4.69) is 0 Å². The Bertz CT molecular complexity index is 1420. The number of aromatic hydroxyl groups is 1. The summed E-state index contributed by atoms with van der Waals surface area (Å²) in [5, 5.41) is 11.2. The van der Waals surface area contributed by atoms with Gasteiger partial charge in [-0.05, 0) is 78.8 Å². The monoisotopic (exact) mass is 496 g/mol. The Kier molecular flexibility index (Phi) is 5.80. The lowest BCUT2D eigenvalue weighted by molar-refractivity contribution is -0.120. The normalized spacial score (nSPS) is 16.9. The quantitative estimate of drug-likeness (QED) is 0.307. The first-order valence-electron chi connectivity index (χ1n) is 12.0. The van der Waals surface area contributed by atoms with Gasteiger partial charge in [-0.3, -0.25) is 4.79 Å².